The Morgan fingerprint density at radius 1 is 0.931 bits per heavy atom. The molecule has 0 unspecified atom stereocenters. The molecule has 3 aromatic rings. The lowest BCUT2D eigenvalue weighted by Gasteiger charge is -2.34. The lowest BCUT2D eigenvalue weighted by atomic mass is 9.92. The molecule has 0 aromatic heterocycles. The van der Waals surface area contributed by atoms with Crippen LogP contribution in [0.2, 0.25) is 0 Å². The predicted molar refractivity (Wildman–Crippen MR) is 115 cm³/mol. The largest absolute Gasteiger partial charge is 0.496 e. The molecule has 7 heteroatoms. The Bertz CT molecular complexity index is 984. The van der Waals surface area contributed by atoms with Gasteiger partial charge in [0, 0.05) is 21.1 Å². The van der Waals surface area contributed by atoms with Crippen molar-refractivity contribution in [2.45, 2.75) is 12.5 Å². The lowest BCUT2D eigenvalue weighted by Crippen LogP contribution is -2.47. The Hall–Kier alpha value is -2.95. The van der Waals surface area contributed by atoms with Crippen LogP contribution in [0.1, 0.15) is 12.5 Å². The van der Waals surface area contributed by atoms with E-state index in [9.17, 15) is 14.7 Å². The first-order valence-corrected chi connectivity index (χ1v) is 10.9. The molecule has 3 aromatic carbocycles. The average Bonchev–Trinajstić information content (AvgIpc) is 2.74. The molecule has 0 heterocycles. The van der Waals surface area contributed by atoms with Crippen LogP contribution >= 0.6 is 7.29 Å². The molecule has 0 spiro atoms. The summed E-state index contributed by atoms with van der Waals surface area (Å²) in [5.74, 6) is 0.497. The van der Waals surface area contributed by atoms with Crippen molar-refractivity contribution in [3.8, 4) is 5.75 Å². The number of benzene rings is 3. The zero-order valence-corrected chi connectivity index (χ0v) is 17.2. The van der Waals surface area contributed by atoms with Crippen LogP contribution in [0.25, 0.3) is 0 Å². The van der Waals surface area contributed by atoms with Crippen molar-refractivity contribution in [1.29, 1.82) is 0 Å². The number of methoxy groups -OCH3 is 1. The summed E-state index contributed by atoms with van der Waals surface area (Å²) in [4.78, 5) is 11.2. The minimum atomic E-state index is -3.41. The molecule has 1 atom stereocenters. The van der Waals surface area contributed by atoms with Gasteiger partial charge in [0.2, 0.25) is 13.8 Å². The van der Waals surface area contributed by atoms with Crippen molar-refractivity contribution in [2.75, 3.05) is 13.7 Å². The monoisotopic (exact) mass is 410 g/mol. The van der Waals surface area contributed by atoms with Crippen LogP contribution in [-0.2, 0) is 10.1 Å². The van der Waals surface area contributed by atoms with E-state index < -0.39 is 24.3 Å². The van der Waals surface area contributed by atoms with Gasteiger partial charge in [-0.2, -0.15) is 0 Å². The number of nitrogens with zero attached hydrogens (tertiary/aromatic N) is 1. The highest BCUT2D eigenvalue weighted by atomic mass is 31.2. The molecule has 0 aliphatic heterocycles. The van der Waals surface area contributed by atoms with Gasteiger partial charge in [0.25, 0.3) is 0 Å². The van der Waals surface area contributed by atoms with Gasteiger partial charge in [-0.05, 0) is 37.3 Å². The van der Waals surface area contributed by atoms with Crippen molar-refractivity contribution in [1.82, 2.24) is 5.09 Å². The second-order valence-electron chi connectivity index (χ2n) is 6.92. The Kier molecular flexibility index (Phi) is 6.16. The van der Waals surface area contributed by atoms with E-state index in [4.69, 9.17) is 4.74 Å². The standard InChI is InChI=1S/C22H23N2O4P/c1-22(17-24(25)26,20-15-9-10-16-21(20)28-2)23-29(27,18-11-5-3-6-12-18)19-13-7-4-8-14-19/h3-16H,17H2,1-2H3,(H,23,27)/t22-/m0/s1. The van der Waals surface area contributed by atoms with Gasteiger partial charge in [-0.15, -0.1) is 0 Å². The van der Waals surface area contributed by atoms with Gasteiger partial charge in [-0.1, -0.05) is 54.6 Å². The van der Waals surface area contributed by atoms with E-state index in [1.807, 2.05) is 12.1 Å². The van der Waals surface area contributed by atoms with Crippen LogP contribution in [0.4, 0.5) is 0 Å². The van der Waals surface area contributed by atoms with Crippen LogP contribution in [0, 0.1) is 10.1 Å². The molecule has 3 rings (SSSR count). The predicted octanol–water partition coefficient (Wildman–Crippen LogP) is 3.71. The normalized spacial score (nSPS) is 13.4. The Labute approximate surface area is 170 Å². The third-order valence-electron chi connectivity index (χ3n) is 4.79. The summed E-state index contributed by atoms with van der Waals surface area (Å²) in [5, 5.41) is 15.9. The molecule has 6 nitrogen and oxygen atoms in total. The molecule has 0 amide bonds. The molecular formula is C22H23N2O4P. The maximum Gasteiger partial charge on any atom is 0.226 e. The molecule has 0 saturated carbocycles. The highest BCUT2D eigenvalue weighted by Crippen LogP contribution is 2.45. The molecule has 0 bridgehead atoms. The van der Waals surface area contributed by atoms with Crippen molar-refractivity contribution < 1.29 is 14.2 Å². The van der Waals surface area contributed by atoms with E-state index in [2.05, 4.69) is 5.09 Å². The fourth-order valence-corrected chi connectivity index (χ4v) is 6.07. The van der Waals surface area contributed by atoms with Crippen molar-refractivity contribution >= 4 is 17.9 Å². The highest BCUT2D eigenvalue weighted by molar-refractivity contribution is 7.77. The third-order valence-corrected chi connectivity index (χ3v) is 7.65. The maximum absolute atomic E-state index is 14.4. The molecule has 0 aliphatic carbocycles. The van der Waals surface area contributed by atoms with Gasteiger partial charge >= 0.3 is 0 Å². The molecule has 1 N–H and O–H groups in total. The Morgan fingerprint density at radius 2 is 1.41 bits per heavy atom. The summed E-state index contributed by atoms with van der Waals surface area (Å²) in [7, 11) is -1.89. The second kappa shape index (κ2) is 8.60. The summed E-state index contributed by atoms with van der Waals surface area (Å²) in [5.41, 5.74) is -0.664. The molecule has 0 saturated heterocycles. The van der Waals surface area contributed by atoms with E-state index in [1.54, 1.807) is 79.7 Å². The van der Waals surface area contributed by atoms with Gasteiger partial charge in [0.15, 0.2) is 0 Å². The third kappa shape index (κ3) is 4.39. The van der Waals surface area contributed by atoms with Crippen LogP contribution in [-0.4, -0.2) is 18.6 Å². The fraction of sp³-hybridized carbons (Fsp3) is 0.182. The number of para-hydroxylation sites is 1. The van der Waals surface area contributed by atoms with Crippen molar-refractivity contribution in [3.63, 3.8) is 0 Å². The van der Waals surface area contributed by atoms with Crippen LogP contribution < -0.4 is 20.4 Å². The number of nitrogens with one attached hydrogen (secondary N) is 1. The highest BCUT2D eigenvalue weighted by Gasteiger charge is 2.42. The number of hydrogen-bond acceptors (Lipinski definition) is 4. The SMILES string of the molecule is COc1ccccc1[C@](C)(C[N+](=O)[O-])NP(=O)(c1ccccc1)c1ccccc1. The summed E-state index contributed by atoms with van der Waals surface area (Å²) < 4.78 is 19.9. The smallest absolute Gasteiger partial charge is 0.226 e. The molecule has 0 radical (unpaired) electrons. The summed E-state index contributed by atoms with van der Waals surface area (Å²) in [6.07, 6.45) is 0. The maximum atomic E-state index is 14.4. The van der Waals surface area contributed by atoms with Crippen LogP contribution in [0.5, 0.6) is 5.75 Å². The van der Waals surface area contributed by atoms with E-state index in [0.29, 0.717) is 21.9 Å². The van der Waals surface area contributed by atoms with Gasteiger partial charge < -0.3 is 4.74 Å². The molecular weight excluding hydrogens is 387 g/mol. The Morgan fingerprint density at radius 3 is 1.90 bits per heavy atom. The average molecular weight is 410 g/mol. The summed E-state index contributed by atoms with van der Waals surface area (Å²) in [6, 6.07) is 25.1. The molecule has 0 aliphatic rings. The van der Waals surface area contributed by atoms with E-state index >= 15 is 0 Å². The minimum Gasteiger partial charge on any atom is -0.496 e. The first kappa shape index (κ1) is 20.8. The zero-order chi connectivity index (χ0) is 20.9. The second-order valence-corrected chi connectivity index (χ2v) is 9.39. The van der Waals surface area contributed by atoms with Crippen LogP contribution in [0.15, 0.2) is 84.9 Å². The van der Waals surface area contributed by atoms with E-state index in [0.717, 1.165) is 0 Å². The number of rotatable bonds is 8. The van der Waals surface area contributed by atoms with Gasteiger partial charge in [0.1, 0.15) is 11.3 Å². The Balaban J connectivity index is 2.19. The van der Waals surface area contributed by atoms with E-state index in [1.165, 1.54) is 7.11 Å². The van der Waals surface area contributed by atoms with Crippen molar-refractivity contribution in [3.05, 3.63) is 101 Å². The number of ether oxygens (including phenoxy) is 1. The van der Waals surface area contributed by atoms with Gasteiger partial charge in [0.05, 0.1) is 7.11 Å². The lowest BCUT2D eigenvalue weighted by molar-refractivity contribution is -0.491. The van der Waals surface area contributed by atoms with Crippen molar-refractivity contribution in [2.24, 2.45) is 0 Å². The topological polar surface area (TPSA) is 81.5 Å². The summed E-state index contributed by atoms with van der Waals surface area (Å²) in [6.45, 7) is 1.23. The van der Waals surface area contributed by atoms with Crippen LogP contribution in [0.3, 0.4) is 0 Å². The van der Waals surface area contributed by atoms with Gasteiger partial charge in [-0.25, -0.2) is 5.09 Å². The minimum absolute atomic E-state index is 0.403. The first-order valence-electron chi connectivity index (χ1n) is 9.15. The fourth-order valence-electron chi connectivity index (χ4n) is 3.44. The zero-order valence-electron chi connectivity index (χ0n) is 16.3. The first-order chi connectivity index (χ1) is 13.9. The molecule has 29 heavy (non-hydrogen) atoms. The number of hydrogen-bond donors (Lipinski definition) is 1. The molecule has 150 valence electrons. The number of nitro groups is 1. The van der Waals surface area contributed by atoms with Gasteiger partial charge in [-0.3, -0.25) is 14.7 Å². The van der Waals surface area contributed by atoms with E-state index in [-0.39, 0.29) is 0 Å². The quantitative estimate of drug-likeness (QED) is 0.348. The molecule has 0 fully saturated rings. The summed E-state index contributed by atoms with van der Waals surface area (Å²) >= 11 is 0.